The van der Waals surface area contributed by atoms with Crippen LogP contribution in [0.15, 0.2) is 89.6 Å². The van der Waals surface area contributed by atoms with Gasteiger partial charge in [-0.3, -0.25) is 13.9 Å². The maximum Gasteiger partial charge on any atom is 0.332 e. The zero-order valence-corrected chi connectivity index (χ0v) is 15.0. The van der Waals surface area contributed by atoms with Crippen molar-refractivity contribution in [3.8, 4) is 0 Å². The first kappa shape index (κ1) is 17.7. The molecule has 1 aromatic heterocycles. The molecule has 0 spiro atoms. The van der Waals surface area contributed by atoms with Crippen molar-refractivity contribution in [2.45, 2.75) is 9.79 Å². The topological polar surface area (TPSA) is 85.8 Å². The van der Waals surface area contributed by atoms with E-state index in [0.717, 1.165) is 14.4 Å². The molecule has 0 unspecified atom stereocenters. The van der Waals surface area contributed by atoms with Gasteiger partial charge in [0, 0.05) is 23.9 Å². The third kappa shape index (κ3) is 3.18. The molecule has 0 saturated carbocycles. The van der Waals surface area contributed by atoms with Crippen molar-refractivity contribution in [2.75, 3.05) is 0 Å². The summed E-state index contributed by atoms with van der Waals surface area (Å²) < 4.78 is 6.63. The van der Waals surface area contributed by atoms with Crippen molar-refractivity contribution in [2.24, 2.45) is 23.6 Å². The highest BCUT2D eigenvalue weighted by Crippen LogP contribution is 2.27. The van der Waals surface area contributed by atoms with Gasteiger partial charge in [0.25, 0.3) is 5.56 Å². The Labute approximate surface area is 151 Å². The van der Waals surface area contributed by atoms with Crippen LogP contribution < -0.4 is 11.2 Å². The standard InChI is InChI=1S/C18H16N4O3S/c1-21-16(15(19-25)17(23)22(2)18(21)24)20-26(13-9-5-3-6-10-13)14-11-7-4-8-12-14/h3-12H,1-2H3. The van der Waals surface area contributed by atoms with Crippen LogP contribution in [0.1, 0.15) is 0 Å². The smallest absolute Gasteiger partial charge is 0.279 e. The molecule has 0 saturated heterocycles. The van der Waals surface area contributed by atoms with Gasteiger partial charge in [0.15, 0.2) is 5.82 Å². The maximum absolute atomic E-state index is 12.3. The third-order valence-electron chi connectivity index (χ3n) is 3.81. The first-order chi connectivity index (χ1) is 12.5. The number of benzene rings is 2. The molecule has 0 bridgehead atoms. The quantitative estimate of drug-likeness (QED) is 0.663. The van der Waals surface area contributed by atoms with Crippen molar-refractivity contribution in [1.82, 2.24) is 9.13 Å². The van der Waals surface area contributed by atoms with Crippen molar-refractivity contribution in [3.63, 3.8) is 0 Å². The zero-order valence-electron chi connectivity index (χ0n) is 14.2. The second-order valence-electron chi connectivity index (χ2n) is 5.47. The molecule has 8 heteroatoms. The Kier molecular flexibility index (Phi) is 5.04. The summed E-state index contributed by atoms with van der Waals surface area (Å²) in [6.07, 6.45) is 0. The molecule has 0 N–H and O–H groups in total. The number of hydrogen-bond acceptors (Lipinski definition) is 5. The van der Waals surface area contributed by atoms with Crippen molar-refractivity contribution < 1.29 is 0 Å². The minimum Gasteiger partial charge on any atom is -0.279 e. The van der Waals surface area contributed by atoms with Crippen LogP contribution in [0.5, 0.6) is 0 Å². The highest BCUT2D eigenvalue weighted by atomic mass is 32.2. The molecule has 26 heavy (non-hydrogen) atoms. The van der Waals surface area contributed by atoms with E-state index in [2.05, 4.69) is 9.54 Å². The predicted molar refractivity (Wildman–Crippen MR) is 101 cm³/mol. The molecule has 0 aliphatic heterocycles. The number of nitrogens with zero attached hydrogens (tertiary/aromatic N) is 4. The van der Waals surface area contributed by atoms with E-state index in [0.29, 0.717) is 0 Å². The Bertz CT molecular complexity index is 1060. The molecule has 0 atom stereocenters. The lowest BCUT2D eigenvalue weighted by Crippen LogP contribution is -2.36. The van der Waals surface area contributed by atoms with Gasteiger partial charge in [-0.25, -0.2) is 4.79 Å². The lowest BCUT2D eigenvalue weighted by atomic mass is 10.4. The van der Waals surface area contributed by atoms with Crippen LogP contribution in [0.2, 0.25) is 0 Å². The van der Waals surface area contributed by atoms with E-state index < -0.39 is 21.9 Å². The molecule has 0 radical (unpaired) electrons. The van der Waals surface area contributed by atoms with Crippen LogP contribution in [-0.4, -0.2) is 9.13 Å². The monoisotopic (exact) mass is 368 g/mol. The van der Waals surface area contributed by atoms with Crippen LogP contribution in [0.25, 0.3) is 0 Å². The molecule has 0 fully saturated rings. The lowest BCUT2D eigenvalue weighted by molar-refractivity contribution is 0.691. The van der Waals surface area contributed by atoms with Crippen molar-refractivity contribution >= 4 is 22.2 Å². The Morgan fingerprint density at radius 1 is 0.808 bits per heavy atom. The van der Waals surface area contributed by atoms with Gasteiger partial charge >= 0.3 is 5.69 Å². The predicted octanol–water partition coefficient (Wildman–Crippen LogP) is 3.03. The van der Waals surface area contributed by atoms with Gasteiger partial charge in [-0.1, -0.05) is 36.4 Å². The minimum absolute atomic E-state index is 0.0239. The second-order valence-corrected chi connectivity index (χ2v) is 7.17. The summed E-state index contributed by atoms with van der Waals surface area (Å²) in [7, 11) is 1.94. The first-order valence-corrected chi connectivity index (χ1v) is 8.92. The first-order valence-electron chi connectivity index (χ1n) is 7.74. The Morgan fingerprint density at radius 2 is 1.31 bits per heavy atom. The van der Waals surface area contributed by atoms with E-state index in [1.807, 2.05) is 60.7 Å². The van der Waals surface area contributed by atoms with Crippen LogP contribution in [-0.2, 0) is 24.8 Å². The fraction of sp³-hybridized carbons (Fsp3) is 0.111. The van der Waals surface area contributed by atoms with Gasteiger partial charge in [0.05, 0.1) is 0 Å². The molecule has 2 aromatic carbocycles. The van der Waals surface area contributed by atoms with Crippen LogP contribution in [0, 0.1) is 4.91 Å². The van der Waals surface area contributed by atoms with E-state index >= 15 is 0 Å². The largest absolute Gasteiger partial charge is 0.332 e. The molecule has 1 heterocycles. The summed E-state index contributed by atoms with van der Waals surface area (Å²) >= 11 is 0. The maximum atomic E-state index is 12.3. The van der Waals surface area contributed by atoms with Gasteiger partial charge < -0.3 is 0 Å². The molecule has 3 aromatic rings. The second kappa shape index (κ2) is 7.40. The van der Waals surface area contributed by atoms with Gasteiger partial charge in [0.2, 0.25) is 5.69 Å². The minimum atomic E-state index is -0.829. The van der Waals surface area contributed by atoms with Gasteiger partial charge in [-0.2, -0.15) is 4.36 Å². The SMILES string of the molecule is Cn1c(N=S(c2ccccc2)c2ccccc2)c(N=O)c(=O)n(C)c1=O. The third-order valence-corrected chi connectivity index (χ3v) is 5.61. The van der Waals surface area contributed by atoms with Crippen LogP contribution in [0.4, 0.5) is 11.5 Å². The van der Waals surface area contributed by atoms with E-state index in [9.17, 15) is 14.5 Å². The van der Waals surface area contributed by atoms with Gasteiger partial charge in [-0.15, -0.1) is 4.91 Å². The summed E-state index contributed by atoms with van der Waals surface area (Å²) in [5, 5.41) is 2.84. The van der Waals surface area contributed by atoms with Crippen molar-refractivity contribution in [3.05, 3.63) is 86.4 Å². The van der Waals surface area contributed by atoms with E-state index in [1.165, 1.54) is 18.7 Å². The fourth-order valence-corrected chi connectivity index (χ4v) is 4.12. The molecule has 7 nitrogen and oxygen atoms in total. The highest BCUT2D eigenvalue weighted by Gasteiger charge is 2.17. The highest BCUT2D eigenvalue weighted by molar-refractivity contribution is 7.87. The van der Waals surface area contributed by atoms with Gasteiger partial charge in [0.1, 0.15) is 0 Å². The fourth-order valence-electron chi connectivity index (χ4n) is 2.43. The summed E-state index contributed by atoms with van der Waals surface area (Å²) in [5.41, 5.74) is -1.70. The van der Waals surface area contributed by atoms with Crippen LogP contribution >= 0.6 is 0 Å². The average Bonchev–Trinajstić information content (AvgIpc) is 2.69. The Balaban J connectivity index is 2.37. The molecule has 132 valence electrons. The summed E-state index contributed by atoms with van der Waals surface area (Å²) in [4.78, 5) is 37.6. The summed E-state index contributed by atoms with van der Waals surface area (Å²) in [5.74, 6) is -0.0239. The van der Waals surface area contributed by atoms with Gasteiger partial charge in [-0.05, 0) is 40.1 Å². The summed E-state index contributed by atoms with van der Waals surface area (Å²) in [6, 6.07) is 19.0. The molecule has 3 rings (SSSR count). The number of aromatic nitrogens is 2. The molecule has 0 aliphatic rings. The molecule has 0 amide bonds. The van der Waals surface area contributed by atoms with E-state index in [-0.39, 0.29) is 11.5 Å². The molecular formula is C18H16N4O3S. The van der Waals surface area contributed by atoms with E-state index in [1.54, 1.807) is 0 Å². The zero-order chi connectivity index (χ0) is 18.7. The lowest BCUT2D eigenvalue weighted by Gasteiger charge is -2.12. The molecule has 0 aliphatic carbocycles. The van der Waals surface area contributed by atoms with Crippen molar-refractivity contribution in [1.29, 1.82) is 0 Å². The summed E-state index contributed by atoms with van der Waals surface area (Å²) in [6.45, 7) is 0. The average molecular weight is 368 g/mol. The Hall–Kier alpha value is -3.13. The van der Waals surface area contributed by atoms with Crippen LogP contribution in [0.3, 0.4) is 0 Å². The number of rotatable bonds is 4. The Morgan fingerprint density at radius 3 is 1.77 bits per heavy atom. The molecular weight excluding hydrogens is 352 g/mol. The van der Waals surface area contributed by atoms with E-state index in [4.69, 9.17) is 0 Å². The normalized spacial score (nSPS) is 10.7. The number of hydrogen-bond donors (Lipinski definition) is 0. The number of nitroso groups, excluding NO2 is 1.